The molecule has 3 heteroatoms. The number of nitrogen functional groups attached to an aromatic ring is 1. The van der Waals surface area contributed by atoms with Gasteiger partial charge in [0, 0.05) is 12.1 Å². The lowest BCUT2D eigenvalue weighted by Crippen LogP contribution is -2.21. The Balaban J connectivity index is 2.48. The van der Waals surface area contributed by atoms with Gasteiger partial charge in [0.2, 0.25) is 0 Å². The van der Waals surface area contributed by atoms with Gasteiger partial charge >= 0.3 is 0 Å². The molecule has 12 heavy (non-hydrogen) atoms. The normalized spacial score (nSPS) is 27.2. The van der Waals surface area contributed by atoms with Crippen LogP contribution in [-0.2, 0) is 6.42 Å². The Morgan fingerprint density at radius 2 is 2.17 bits per heavy atom. The number of hydrogen-bond acceptors (Lipinski definition) is 3. The summed E-state index contributed by atoms with van der Waals surface area (Å²) in [7, 11) is 0. The van der Waals surface area contributed by atoms with Crippen molar-refractivity contribution in [2.45, 2.75) is 18.6 Å². The molecule has 3 nitrogen and oxygen atoms in total. The van der Waals surface area contributed by atoms with Gasteiger partial charge in [-0.05, 0) is 23.3 Å². The summed E-state index contributed by atoms with van der Waals surface area (Å²) in [6, 6.07) is 5.35. The van der Waals surface area contributed by atoms with Crippen LogP contribution >= 0.6 is 0 Å². The Kier molecular flexibility index (Phi) is 1.56. The van der Waals surface area contributed by atoms with Crippen LogP contribution in [0.3, 0.4) is 0 Å². The highest BCUT2D eigenvalue weighted by Gasteiger charge is 2.27. The average molecular weight is 164 g/mol. The van der Waals surface area contributed by atoms with E-state index in [2.05, 4.69) is 0 Å². The number of anilines is 1. The van der Waals surface area contributed by atoms with Crippen molar-refractivity contribution in [3.05, 3.63) is 29.3 Å². The molecule has 2 rings (SSSR count). The van der Waals surface area contributed by atoms with Crippen LogP contribution in [0, 0.1) is 0 Å². The van der Waals surface area contributed by atoms with Crippen molar-refractivity contribution in [2.24, 2.45) is 5.73 Å². The largest absolute Gasteiger partial charge is 0.399 e. The SMILES string of the molecule is Nc1ccc2c(c1)C(N)C(O)C2. The van der Waals surface area contributed by atoms with Crippen LogP contribution in [0.2, 0.25) is 0 Å². The van der Waals surface area contributed by atoms with Crippen molar-refractivity contribution in [3.63, 3.8) is 0 Å². The molecule has 1 aromatic rings. The summed E-state index contributed by atoms with van der Waals surface area (Å²) < 4.78 is 0. The van der Waals surface area contributed by atoms with Crippen LogP contribution in [-0.4, -0.2) is 11.2 Å². The van der Waals surface area contributed by atoms with E-state index in [0.717, 1.165) is 11.1 Å². The summed E-state index contributed by atoms with van der Waals surface area (Å²) in [6.07, 6.45) is 0.207. The smallest absolute Gasteiger partial charge is 0.0773 e. The number of benzene rings is 1. The van der Waals surface area contributed by atoms with Crippen molar-refractivity contribution in [3.8, 4) is 0 Å². The molecule has 0 amide bonds. The van der Waals surface area contributed by atoms with E-state index in [4.69, 9.17) is 11.5 Å². The minimum absolute atomic E-state index is 0.261. The Bertz CT molecular complexity index is 311. The highest BCUT2D eigenvalue weighted by atomic mass is 16.3. The Morgan fingerprint density at radius 3 is 2.92 bits per heavy atom. The molecule has 0 bridgehead atoms. The van der Waals surface area contributed by atoms with Gasteiger partial charge in [0.1, 0.15) is 0 Å². The molecule has 0 spiro atoms. The lowest BCUT2D eigenvalue weighted by atomic mass is 10.1. The van der Waals surface area contributed by atoms with Crippen molar-refractivity contribution in [1.82, 2.24) is 0 Å². The van der Waals surface area contributed by atoms with E-state index in [-0.39, 0.29) is 6.04 Å². The van der Waals surface area contributed by atoms with Crippen molar-refractivity contribution < 1.29 is 5.11 Å². The molecule has 0 fully saturated rings. The number of hydrogen-bond donors (Lipinski definition) is 3. The third-order valence-electron chi connectivity index (χ3n) is 2.37. The first-order valence-electron chi connectivity index (χ1n) is 4.00. The fourth-order valence-corrected chi connectivity index (χ4v) is 1.67. The molecule has 0 saturated heterocycles. The second-order valence-corrected chi connectivity index (χ2v) is 3.26. The zero-order chi connectivity index (χ0) is 8.72. The topological polar surface area (TPSA) is 72.3 Å². The Morgan fingerprint density at radius 1 is 1.42 bits per heavy atom. The molecule has 0 aromatic heterocycles. The van der Waals surface area contributed by atoms with Gasteiger partial charge in [-0.3, -0.25) is 0 Å². The number of aliphatic hydroxyl groups excluding tert-OH is 1. The molecule has 64 valence electrons. The number of rotatable bonds is 0. The summed E-state index contributed by atoms with van der Waals surface area (Å²) >= 11 is 0. The molecule has 5 N–H and O–H groups in total. The predicted octanol–water partition coefficient (Wildman–Crippen LogP) is 0.186. The third-order valence-corrected chi connectivity index (χ3v) is 2.37. The standard InChI is InChI=1S/C9H12N2O/c10-6-2-1-5-3-8(12)9(11)7(5)4-6/h1-2,4,8-9,12H,3,10-11H2. The first kappa shape index (κ1) is 7.58. The van der Waals surface area contributed by atoms with Gasteiger partial charge in [-0.15, -0.1) is 0 Å². The average Bonchev–Trinajstić information content (AvgIpc) is 2.31. The maximum atomic E-state index is 9.44. The van der Waals surface area contributed by atoms with E-state index < -0.39 is 6.10 Å². The van der Waals surface area contributed by atoms with Gasteiger partial charge in [0.15, 0.2) is 0 Å². The summed E-state index contributed by atoms with van der Waals surface area (Å²) in [5.41, 5.74) is 14.2. The molecule has 1 aliphatic carbocycles. The lowest BCUT2D eigenvalue weighted by Gasteiger charge is -2.08. The van der Waals surface area contributed by atoms with E-state index in [1.165, 1.54) is 0 Å². The second-order valence-electron chi connectivity index (χ2n) is 3.26. The molecule has 2 atom stereocenters. The fourth-order valence-electron chi connectivity index (χ4n) is 1.67. The van der Waals surface area contributed by atoms with Crippen LogP contribution in [0.4, 0.5) is 5.69 Å². The monoisotopic (exact) mass is 164 g/mol. The molecule has 0 aliphatic heterocycles. The van der Waals surface area contributed by atoms with E-state index in [1.54, 1.807) is 0 Å². The van der Waals surface area contributed by atoms with Gasteiger partial charge in [0.25, 0.3) is 0 Å². The first-order chi connectivity index (χ1) is 5.68. The predicted molar refractivity (Wildman–Crippen MR) is 47.5 cm³/mol. The number of fused-ring (bicyclic) bond motifs is 1. The highest BCUT2D eigenvalue weighted by molar-refractivity contribution is 5.48. The van der Waals surface area contributed by atoms with E-state index in [1.807, 2.05) is 18.2 Å². The molecule has 0 saturated carbocycles. The van der Waals surface area contributed by atoms with Crippen LogP contribution in [0.25, 0.3) is 0 Å². The van der Waals surface area contributed by atoms with E-state index in [9.17, 15) is 5.11 Å². The summed E-state index contributed by atoms with van der Waals surface area (Å²) in [5.74, 6) is 0. The van der Waals surface area contributed by atoms with Crippen molar-refractivity contribution in [2.75, 3.05) is 5.73 Å². The molecule has 1 aromatic carbocycles. The minimum atomic E-state index is -0.443. The summed E-state index contributed by atoms with van der Waals surface area (Å²) in [5, 5.41) is 9.44. The van der Waals surface area contributed by atoms with Crippen LogP contribution in [0.15, 0.2) is 18.2 Å². The maximum absolute atomic E-state index is 9.44. The van der Waals surface area contributed by atoms with E-state index in [0.29, 0.717) is 12.1 Å². The molecule has 0 radical (unpaired) electrons. The van der Waals surface area contributed by atoms with Gasteiger partial charge < -0.3 is 16.6 Å². The first-order valence-corrected chi connectivity index (χ1v) is 4.00. The van der Waals surface area contributed by atoms with Crippen LogP contribution < -0.4 is 11.5 Å². The van der Waals surface area contributed by atoms with Gasteiger partial charge in [-0.2, -0.15) is 0 Å². The zero-order valence-corrected chi connectivity index (χ0v) is 6.70. The maximum Gasteiger partial charge on any atom is 0.0773 e. The second kappa shape index (κ2) is 2.47. The Hall–Kier alpha value is -1.06. The Labute approximate surface area is 71.0 Å². The van der Waals surface area contributed by atoms with Crippen molar-refractivity contribution >= 4 is 5.69 Å². The molecule has 0 heterocycles. The number of nitrogens with two attached hydrogens (primary N) is 2. The number of aliphatic hydroxyl groups is 1. The van der Waals surface area contributed by atoms with Gasteiger partial charge in [0.05, 0.1) is 12.1 Å². The minimum Gasteiger partial charge on any atom is -0.399 e. The van der Waals surface area contributed by atoms with Crippen molar-refractivity contribution in [1.29, 1.82) is 0 Å². The molecule has 1 aliphatic rings. The summed E-state index contributed by atoms with van der Waals surface area (Å²) in [6.45, 7) is 0. The fraction of sp³-hybridized carbons (Fsp3) is 0.333. The van der Waals surface area contributed by atoms with Crippen LogP contribution in [0.5, 0.6) is 0 Å². The molecule has 2 unspecified atom stereocenters. The van der Waals surface area contributed by atoms with Gasteiger partial charge in [-0.1, -0.05) is 6.07 Å². The van der Waals surface area contributed by atoms with E-state index >= 15 is 0 Å². The van der Waals surface area contributed by atoms with Gasteiger partial charge in [-0.25, -0.2) is 0 Å². The molecular formula is C9H12N2O. The highest BCUT2D eigenvalue weighted by Crippen LogP contribution is 2.30. The zero-order valence-electron chi connectivity index (χ0n) is 6.70. The van der Waals surface area contributed by atoms with Crippen LogP contribution in [0.1, 0.15) is 17.2 Å². The lowest BCUT2D eigenvalue weighted by molar-refractivity contribution is 0.158. The molecular weight excluding hydrogens is 152 g/mol. The summed E-state index contributed by atoms with van der Waals surface area (Å²) in [4.78, 5) is 0. The quantitative estimate of drug-likeness (QED) is 0.479. The third kappa shape index (κ3) is 0.983.